The molecule has 0 aliphatic carbocycles. The van der Waals surface area contributed by atoms with Crippen LogP contribution in [0.15, 0.2) is 79.1 Å². The predicted molar refractivity (Wildman–Crippen MR) is 118 cm³/mol. The maximum atomic E-state index is 14.4. The number of ether oxygens (including phenoxy) is 2. The van der Waals surface area contributed by atoms with Gasteiger partial charge in [0.05, 0.1) is 25.3 Å². The van der Waals surface area contributed by atoms with Crippen LogP contribution in [0.4, 0.5) is 4.39 Å². The van der Waals surface area contributed by atoms with Crippen LogP contribution in [-0.2, 0) is 14.3 Å². The van der Waals surface area contributed by atoms with Crippen LogP contribution in [0.5, 0.6) is 11.5 Å². The maximum Gasteiger partial charge on any atom is 0.308 e. The number of pyridine rings is 1. The number of hydrogen-bond acceptors (Lipinski definition) is 5. The van der Waals surface area contributed by atoms with Gasteiger partial charge in [-0.15, -0.1) is 0 Å². The molecule has 0 saturated carbocycles. The highest BCUT2D eigenvalue weighted by Crippen LogP contribution is 2.25. The highest BCUT2D eigenvalue weighted by atomic mass is 19.1. The molecule has 0 spiro atoms. The van der Waals surface area contributed by atoms with E-state index in [1.807, 2.05) is 30.3 Å². The predicted octanol–water partition coefficient (Wildman–Crippen LogP) is 4.84. The second-order valence-electron chi connectivity index (χ2n) is 6.79. The lowest BCUT2D eigenvalue weighted by Gasteiger charge is -2.17. The van der Waals surface area contributed by atoms with Crippen LogP contribution in [0.3, 0.4) is 0 Å². The Morgan fingerprint density at radius 1 is 1.12 bits per heavy atom. The van der Waals surface area contributed by atoms with Gasteiger partial charge in [-0.3, -0.25) is 14.6 Å². The summed E-state index contributed by atoms with van der Waals surface area (Å²) < 4.78 is 24.8. The fraction of sp³-hybridized carbons (Fsp3) is 0.160. The van der Waals surface area contributed by atoms with Gasteiger partial charge in [0.15, 0.2) is 11.6 Å². The first-order valence-corrected chi connectivity index (χ1v) is 10.1. The molecular formula is C25H23FN2O4. The number of benzene rings is 2. The molecule has 0 aliphatic heterocycles. The number of rotatable bonds is 9. The van der Waals surface area contributed by atoms with Crippen LogP contribution in [0.25, 0.3) is 6.08 Å². The number of carbonyl (C=O) groups is 2. The zero-order valence-electron chi connectivity index (χ0n) is 17.5. The first-order valence-electron chi connectivity index (χ1n) is 10.1. The third-order valence-corrected chi connectivity index (χ3v) is 4.44. The molecule has 6 nitrogen and oxygen atoms in total. The molecular weight excluding hydrogens is 411 g/mol. The lowest BCUT2D eigenvalue weighted by molar-refractivity contribution is -0.143. The van der Waals surface area contributed by atoms with Gasteiger partial charge in [-0.1, -0.05) is 36.4 Å². The fourth-order valence-electron chi connectivity index (χ4n) is 2.95. The van der Waals surface area contributed by atoms with Crippen molar-refractivity contribution in [2.45, 2.75) is 19.4 Å². The van der Waals surface area contributed by atoms with E-state index in [1.54, 1.807) is 31.3 Å². The minimum atomic E-state index is -0.569. The van der Waals surface area contributed by atoms with Gasteiger partial charge in [0, 0.05) is 12.3 Å². The smallest absolute Gasteiger partial charge is 0.308 e. The Bertz CT molecular complexity index is 1070. The zero-order valence-corrected chi connectivity index (χ0v) is 17.5. The second kappa shape index (κ2) is 11.4. The quantitative estimate of drug-likeness (QED) is 0.385. The molecule has 1 atom stereocenters. The molecule has 1 heterocycles. The monoisotopic (exact) mass is 434 g/mol. The molecule has 1 amide bonds. The molecule has 164 valence electrons. The molecule has 3 aromatic rings. The largest absolute Gasteiger partial charge is 0.466 e. The molecule has 0 aliphatic rings. The van der Waals surface area contributed by atoms with Gasteiger partial charge >= 0.3 is 5.97 Å². The molecule has 0 radical (unpaired) electrons. The number of esters is 1. The minimum Gasteiger partial charge on any atom is -0.466 e. The van der Waals surface area contributed by atoms with Gasteiger partial charge in [-0.25, -0.2) is 4.39 Å². The van der Waals surface area contributed by atoms with Crippen molar-refractivity contribution < 1.29 is 23.5 Å². The summed E-state index contributed by atoms with van der Waals surface area (Å²) in [6, 6.07) is 16.3. The van der Waals surface area contributed by atoms with Crippen molar-refractivity contribution in [1.82, 2.24) is 10.3 Å². The number of nitrogens with one attached hydrogen (secondary N) is 1. The van der Waals surface area contributed by atoms with E-state index in [9.17, 15) is 14.0 Å². The van der Waals surface area contributed by atoms with Crippen LogP contribution in [0.1, 0.15) is 30.5 Å². The summed E-state index contributed by atoms with van der Waals surface area (Å²) in [4.78, 5) is 28.3. The van der Waals surface area contributed by atoms with E-state index < -0.39 is 23.7 Å². The highest BCUT2D eigenvalue weighted by molar-refractivity contribution is 5.92. The zero-order chi connectivity index (χ0) is 22.8. The molecule has 0 fully saturated rings. The lowest BCUT2D eigenvalue weighted by atomic mass is 10.0. The van der Waals surface area contributed by atoms with E-state index in [4.69, 9.17) is 9.47 Å². The second-order valence-corrected chi connectivity index (χ2v) is 6.79. The van der Waals surface area contributed by atoms with Crippen molar-refractivity contribution >= 4 is 18.0 Å². The van der Waals surface area contributed by atoms with E-state index in [2.05, 4.69) is 10.3 Å². The Balaban J connectivity index is 1.66. The van der Waals surface area contributed by atoms with Gasteiger partial charge < -0.3 is 14.8 Å². The van der Waals surface area contributed by atoms with Crippen molar-refractivity contribution in [3.8, 4) is 11.5 Å². The molecule has 1 N–H and O–H groups in total. The number of amides is 1. The van der Waals surface area contributed by atoms with Crippen molar-refractivity contribution in [2.24, 2.45) is 0 Å². The Morgan fingerprint density at radius 3 is 2.62 bits per heavy atom. The third-order valence-electron chi connectivity index (χ3n) is 4.44. The van der Waals surface area contributed by atoms with E-state index in [1.165, 1.54) is 30.5 Å². The van der Waals surface area contributed by atoms with Crippen molar-refractivity contribution in [1.29, 1.82) is 0 Å². The molecule has 3 rings (SSSR count). The molecule has 32 heavy (non-hydrogen) atoms. The van der Waals surface area contributed by atoms with Crippen molar-refractivity contribution in [2.75, 3.05) is 6.61 Å². The van der Waals surface area contributed by atoms with Crippen LogP contribution >= 0.6 is 0 Å². The van der Waals surface area contributed by atoms with Crippen LogP contribution in [-0.4, -0.2) is 23.5 Å². The van der Waals surface area contributed by atoms with Crippen LogP contribution in [0, 0.1) is 5.82 Å². The molecule has 0 bridgehead atoms. The van der Waals surface area contributed by atoms with Crippen LogP contribution < -0.4 is 10.1 Å². The highest BCUT2D eigenvalue weighted by Gasteiger charge is 2.18. The maximum absolute atomic E-state index is 14.4. The van der Waals surface area contributed by atoms with Gasteiger partial charge in [0.1, 0.15) is 5.75 Å². The summed E-state index contributed by atoms with van der Waals surface area (Å²) in [7, 11) is 0. The summed E-state index contributed by atoms with van der Waals surface area (Å²) in [6.45, 7) is 1.99. The van der Waals surface area contributed by atoms with E-state index in [0.717, 1.165) is 5.56 Å². The standard InChI is InChI=1S/C25H23FN2O4/c1-2-31-25(30)16-22(19-7-4-3-5-8-19)28-24(29)13-11-18-10-12-23(21(26)15-18)32-20-9-6-14-27-17-20/h3-15,17,22H,2,16H2,1H3,(H,28,29)/b13-11+. The normalized spacial score (nSPS) is 11.7. The van der Waals surface area contributed by atoms with Crippen molar-refractivity contribution in [3.05, 3.63) is 96.1 Å². The van der Waals surface area contributed by atoms with Gasteiger partial charge in [-0.2, -0.15) is 0 Å². The Labute approximate surface area is 185 Å². The SMILES string of the molecule is CCOC(=O)CC(NC(=O)/C=C/c1ccc(Oc2cccnc2)c(F)c1)c1ccccc1. The van der Waals surface area contributed by atoms with Gasteiger partial charge in [0.25, 0.3) is 0 Å². The van der Waals surface area contributed by atoms with Gasteiger partial charge in [-0.05, 0) is 48.4 Å². The Morgan fingerprint density at radius 2 is 1.94 bits per heavy atom. The number of halogens is 1. The number of nitrogens with zero attached hydrogens (tertiary/aromatic N) is 1. The average molecular weight is 434 g/mol. The van der Waals surface area contributed by atoms with Crippen LogP contribution in [0.2, 0.25) is 0 Å². The summed E-state index contributed by atoms with van der Waals surface area (Å²) in [5.41, 5.74) is 1.27. The van der Waals surface area contributed by atoms with Gasteiger partial charge in [0.2, 0.25) is 5.91 Å². The number of aromatic nitrogens is 1. The van der Waals surface area contributed by atoms with Crippen molar-refractivity contribution in [3.63, 3.8) is 0 Å². The molecule has 7 heteroatoms. The topological polar surface area (TPSA) is 77.5 Å². The average Bonchev–Trinajstić information content (AvgIpc) is 2.80. The fourth-order valence-corrected chi connectivity index (χ4v) is 2.95. The van der Waals surface area contributed by atoms with E-state index >= 15 is 0 Å². The molecule has 1 aromatic heterocycles. The lowest BCUT2D eigenvalue weighted by Crippen LogP contribution is -2.29. The summed E-state index contributed by atoms with van der Waals surface area (Å²) in [6.07, 6.45) is 5.86. The molecule has 2 aromatic carbocycles. The molecule has 0 saturated heterocycles. The molecule has 1 unspecified atom stereocenters. The third kappa shape index (κ3) is 6.77. The summed E-state index contributed by atoms with van der Waals surface area (Å²) >= 11 is 0. The first kappa shape index (κ1) is 22.7. The Hall–Kier alpha value is -4.00. The minimum absolute atomic E-state index is 0.00639. The summed E-state index contributed by atoms with van der Waals surface area (Å²) in [5.74, 6) is -0.919. The van der Waals surface area contributed by atoms with E-state index in [0.29, 0.717) is 11.3 Å². The number of carbonyl (C=O) groups excluding carboxylic acids is 2. The Kier molecular flexibility index (Phi) is 8.09. The first-order chi connectivity index (χ1) is 15.5. The summed E-state index contributed by atoms with van der Waals surface area (Å²) in [5, 5.41) is 2.80. The van der Waals surface area contributed by atoms with E-state index in [-0.39, 0.29) is 18.8 Å². The number of hydrogen-bond donors (Lipinski definition) is 1.